The quantitative estimate of drug-likeness (QED) is 0.130. The third kappa shape index (κ3) is 12.5. The van der Waals surface area contributed by atoms with Crippen LogP contribution in [0.5, 0.6) is 5.75 Å². The van der Waals surface area contributed by atoms with Gasteiger partial charge < -0.3 is 19.1 Å². The third-order valence-corrected chi connectivity index (χ3v) is 7.52. The maximum atomic E-state index is 12.0. The molecule has 1 aliphatic heterocycles. The fourth-order valence-electron chi connectivity index (χ4n) is 5.26. The Hall–Kier alpha value is -3.12. The van der Waals surface area contributed by atoms with E-state index in [-0.39, 0.29) is 17.9 Å². The summed E-state index contributed by atoms with van der Waals surface area (Å²) >= 11 is 0. The van der Waals surface area contributed by atoms with Gasteiger partial charge in [0.05, 0.1) is 25.4 Å². The summed E-state index contributed by atoms with van der Waals surface area (Å²) in [5.41, 5.74) is 2.81. The molecule has 1 heterocycles. The monoisotopic (exact) mass is 563 g/mol. The van der Waals surface area contributed by atoms with Crippen molar-refractivity contribution < 1.29 is 23.8 Å². The van der Waals surface area contributed by atoms with Gasteiger partial charge in [0.2, 0.25) is 0 Å². The summed E-state index contributed by atoms with van der Waals surface area (Å²) in [6.45, 7) is 8.91. The fraction of sp³-hybridized carbons (Fsp3) is 0.543. The summed E-state index contributed by atoms with van der Waals surface area (Å²) in [5.74, 6) is 0.779. The molecule has 0 radical (unpaired) electrons. The van der Waals surface area contributed by atoms with Gasteiger partial charge in [0.1, 0.15) is 5.75 Å². The smallest absolute Gasteiger partial charge is 0.338 e. The molecule has 0 aliphatic carbocycles. The number of carbonyl (C=O) groups excluding carboxylic acids is 2. The van der Waals surface area contributed by atoms with Crippen LogP contribution in [-0.2, 0) is 20.7 Å². The van der Waals surface area contributed by atoms with Gasteiger partial charge in [-0.15, -0.1) is 0 Å². The van der Waals surface area contributed by atoms with Crippen LogP contribution in [0.2, 0.25) is 0 Å². The molecule has 1 saturated heterocycles. The lowest BCUT2D eigenvalue weighted by Crippen LogP contribution is -2.20. The first kappa shape index (κ1) is 32.4. The van der Waals surface area contributed by atoms with Gasteiger partial charge >= 0.3 is 11.9 Å². The van der Waals surface area contributed by atoms with Crippen molar-refractivity contribution in [1.82, 2.24) is 4.90 Å². The van der Waals surface area contributed by atoms with Crippen LogP contribution in [0.25, 0.3) is 6.08 Å². The summed E-state index contributed by atoms with van der Waals surface area (Å²) in [7, 11) is 0. The summed E-state index contributed by atoms with van der Waals surface area (Å²) in [4.78, 5) is 26.4. The van der Waals surface area contributed by atoms with Crippen LogP contribution in [0.15, 0.2) is 54.6 Å². The van der Waals surface area contributed by atoms with E-state index in [1.54, 1.807) is 0 Å². The van der Waals surface area contributed by atoms with Gasteiger partial charge in [-0.05, 0) is 115 Å². The first-order valence-corrected chi connectivity index (χ1v) is 15.6. The molecule has 6 nitrogen and oxygen atoms in total. The molecular weight excluding hydrogens is 514 g/mol. The number of esters is 2. The maximum absolute atomic E-state index is 12.0. The van der Waals surface area contributed by atoms with E-state index in [2.05, 4.69) is 23.1 Å². The van der Waals surface area contributed by atoms with Crippen molar-refractivity contribution in [3.05, 3.63) is 71.3 Å². The molecule has 0 bridgehead atoms. The van der Waals surface area contributed by atoms with Crippen LogP contribution < -0.4 is 4.74 Å². The van der Waals surface area contributed by atoms with Gasteiger partial charge in [0, 0.05) is 12.0 Å². The molecule has 1 aliphatic rings. The summed E-state index contributed by atoms with van der Waals surface area (Å²) in [5, 5.41) is 0. The molecule has 224 valence electrons. The number of para-hydroxylation sites is 1. The van der Waals surface area contributed by atoms with E-state index < -0.39 is 0 Å². The number of likely N-dealkylation sites (tertiary alicyclic amines) is 1. The minimum atomic E-state index is -0.294. The Morgan fingerprint density at radius 1 is 0.878 bits per heavy atom. The molecule has 2 aromatic carbocycles. The lowest BCUT2D eigenvalue weighted by molar-refractivity contribution is -0.143. The number of ether oxygens (including phenoxy) is 3. The molecule has 6 heteroatoms. The normalized spacial score (nSPS) is 14.3. The van der Waals surface area contributed by atoms with Crippen molar-refractivity contribution in [1.29, 1.82) is 0 Å². The minimum absolute atomic E-state index is 0.128. The van der Waals surface area contributed by atoms with Crippen molar-refractivity contribution in [2.24, 2.45) is 5.92 Å². The van der Waals surface area contributed by atoms with Crippen LogP contribution in [-0.4, -0.2) is 56.3 Å². The van der Waals surface area contributed by atoms with E-state index in [4.69, 9.17) is 14.2 Å². The van der Waals surface area contributed by atoms with Crippen LogP contribution in [0.3, 0.4) is 0 Å². The molecule has 0 spiro atoms. The number of carbonyl (C=O) groups is 2. The Bertz CT molecular complexity index is 1060. The minimum Gasteiger partial charge on any atom is -0.493 e. The third-order valence-electron chi connectivity index (χ3n) is 7.52. The summed E-state index contributed by atoms with van der Waals surface area (Å²) in [6, 6.07) is 15.9. The number of rotatable bonds is 19. The molecule has 0 aromatic heterocycles. The van der Waals surface area contributed by atoms with Crippen molar-refractivity contribution in [2.45, 2.75) is 78.1 Å². The second kappa shape index (κ2) is 19.1. The van der Waals surface area contributed by atoms with Crippen molar-refractivity contribution in [3.63, 3.8) is 0 Å². The molecule has 0 amide bonds. The van der Waals surface area contributed by atoms with Gasteiger partial charge in [-0.3, -0.25) is 4.79 Å². The number of unbranched alkanes of at least 4 members (excludes halogenated alkanes) is 3. The van der Waals surface area contributed by atoms with Gasteiger partial charge in [0.15, 0.2) is 0 Å². The topological polar surface area (TPSA) is 65.1 Å². The van der Waals surface area contributed by atoms with E-state index in [0.29, 0.717) is 25.2 Å². The Morgan fingerprint density at radius 3 is 2.39 bits per heavy atom. The first-order chi connectivity index (χ1) is 20.1. The first-order valence-electron chi connectivity index (χ1n) is 15.6. The Kier molecular flexibility index (Phi) is 15.1. The highest BCUT2D eigenvalue weighted by atomic mass is 16.5. The zero-order valence-electron chi connectivity index (χ0n) is 25.2. The summed E-state index contributed by atoms with van der Waals surface area (Å²) in [6.07, 6.45) is 14.6. The predicted molar refractivity (Wildman–Crippen MR) is 165 cm³/mol. The zero-order chi connectivity index (χ0) is 29.1. The molecule has 2 aromatic rings. The van der Waals surface area contributed by atoms with Crippen molar-refractivity contribution >= 4 is 18.0 Å². The van der Waals surface area contributed by atoms with E-state index in [1.807, 2.05) is 56.3 Å². The molecule has 41 heavy (non-hydrogen) atoms. The van der Waals surface area contributed by atoms with E-state index in [1.165, 1.54) is 45.3 Å². The predicted octanol–water partition coefficient (Wildman–Crippen LogP) is 7.50. The van der Waals surface area contributed by atoms with Gasteiger partial charge in [0.25, 0.3) is 0 Å². The van der Waals surface area contributed by atoms with Crippen LogP contribution >= 0.6 is 0 Å². The lowest BCUT2D eigenvalue weighted by atomic mass is 9.92. The van der Waals surface area contributed by atoms with E-state index >= 15 is 0 Å². The van der Waals surface area contributed by atoms with Crippen molar-refractivity contribution in [3.8, 4) is 5.75 Å². The van der Waals surface area contributed by atoms with E-state index in [0.717, 1.165) is 55.6 Å². The number of hydrogen-bond donors (Lipinski definition) is 0. The molecule has 0 saturated carbocycles. The zero-order valence-corrected chi connectivity index (χ0v) is 25.2. The molecule has 0 N–H and O–H groups in total. The van der Waals surface area contributed by atoms with Gasteiger partial charge in [-0.25, -0.2) is 4.79 Å². The highest BCUT2D eigenvalue weighted by Gasteiger charge is 2.12. The standard InChI is InChI=1S/C35H49NO5/c1-3-39-34(37)17-9-6-14-29(28-30-19-22-32(23-20-30)35(38)40-4-2)18-21-31-15-7-8-16-33(31)41-27-13-5-10-24-36-25-11-12-26-36/h7-8,15-16,18-23,29H,3-6,9-14,17,24-28H2,1-2H3. The Morgan fingerprint density at radius 2 is 1.63 bits per heavy atom. The average Bonchev–Trinajstić information content (AvgIpc) is 3.50. The SMILES string of the molecule is CCOC(=O)CCCCC(C=Cc1ccccc1OCCCCCN1CCCC1)Cc1ccc(C(=O)OCC)cc1. The molecule has 1 unspecified atom stereocenters. The Balaban J connectivity index is 1.56. The highest BCUT2D eigenvalue weighted by molar-refractivity contribution is 5.89. The number of benzene rings is 2. The van der Waals surface area contributed by atoms with Gasteiger partial charge in [-0.1, -0.05) is 48.9 Å². The second-order valence-electron chi connectivity index (χ2n) is 10.8. The number of hydrogen-bond acceptors (Lipinski definition) is 6. The highest BCUT2D eigenvalue weighted by Crippen LogP contribution is 2.24. The number of allylic oxidation sites excluding steroid dienone is 1. The Labute approximate surface area is 247 Å². The van der Waals surface area contributed by atoms with Gasteiger partial charge in [-0.2, -0.15) is 0 Å². The largest absolute Gasteiger partial charge is 0.493 e. The van der Waals surface area contributed by atoms with Crippen LogP contribution in [0.4, 0.5) is 0 Å². The van der Waals surface area contributed by atoms with Crippen LogP contribution in [0.1, 0.15) is 93.1 Å². The average molecular weight is 564 g/mol. The van der Waals surface area contributed by atoms with Crippen LogP contribution in [0, 0.1) is 5.92 Å². The fourth-order valence-corrected chi connectivity index (χ4v) is 5.26. The summed E-state index contributed by atoms with van der Waals surface area (Å²) < 4.78 is 16.4. The maximum Gasteiger partial charge on any atom is 0.338 e. The lowest BCUT2D eigenvalue weighted by Gasteiger charge is -2.15. The molecule has 1 fully saturated rings. The molecular formula is C35H49NO5. The van der Waals surface area contributed by atoms with E-state index in [9.17, 15) is 9.59 Å². The molecule has 3 rings (SSSR count). The molecule has 1 atom stereocenters. The second-order valence-corrected chi connectivity index (χ2v) is 10.8. The number of nitrogens with zero attached hydrogens (tertiary/aromatic N) is 1. The van der Waals surface area contributed by atoms with Crippen molar-refractivity contribution in [2.75, 3.05) is 39.5 Å².